The van der Waals surface area contributed by atoms with Crippen LogP contribution in [0.2, 0.25) is 10.0 Å². The van der Waals surface area contributed by atoms with Crippen LogP contribution in [0.25, 0.3) is 11.3 Å². The first-order valence-electron chi connectivity index (χ1n) is 7.81. The first-order valence-corrected chi connectivity index (χ1v) is 9.44. The van der Waals surface area contributed by atoms with Crippen molar-refractivity contribution < 1.29 is 4.79 Å². The molecule has 2 rings (SSSR count). The van der Waals surface area contributed by atoms with Crippen LogP contribution < -0.4 is 5.32 Å². The van der Waals surface area contributed by atoms with Crippen molar-refractivity contribution in [2.75, 3.05) is 5.32 Å². The van der Waals surface area contributed by atoms with Crippen LogP contribution in [-0.4, -0.2) is 10.9 Å². The molecule has 0 saturated heterocycles. The van der Waals surface area contributed by atoms with Gasteiger partial charge in [0.2, 0.25) is 5.91 Å². The Balaban J connectivity index is 1.88. The Morgan fingerprint density at radius 1 is 1.22 bits per heavy atom. The third-order valence-electron chi connectivity index (χ3n) is 3.47. The standard InChI is InChI=1S/C17H20Cl2N2OS/c1-2-3-4-5-6-7-16(22)21-17-20-15(11-23-17)13-9-8-12(18)10-14(13)19/h8-11H,2-7H2,1H3,(H,20,21,22). The molecule has 0 aliphatic carbocycles. The van der Waals surface area contributed by atoms with Crippen LogP contribution in [0.4, 0.5) is 5.13 Å². The second-order valence-corrected chi connectivity index (χ2v) is 7.08. The van der Waals surface area contributed by atoms with Gasteiger partial charge in [-0.1, -0.05) is 55.8 Å². The van der Waals surface area contributed by atoms with Crippen LogP contribution in [0, 0.1) is 0 Å². The summed E-state index contributed by atoms with van der Waals surface area (Å²) in [4.78, 5) is 16.3. The normalized spacial score (nSPS) is 10.7. The van der Waals surface area contributed by atoms with Crippen LogP contribution >= 0.6 is 34.5 Å². The van der Waals surface area contributed by atoms with Crippen molar-refractivity contribution in [3.8, 4) is 11.3 Å². The molecular formula is C17H20Cl2N2OS. The highest BCUT2D eigenvalue weighted by molar-refractivity contribution is 7.14. The molecule has 0 bridgehead atoms. The second-order valence-electron chi connectivity index (χ2n) is 5.37. The molecule has 1 heterocycles. The molecule has 0 radical (unpaired) electrons. The molecule has 0 aliphatic rings. The maximum atomic E-state index is 11.9. The van der Waals surface area contributed by atoms with Gasteiger partial charge in [0.1, 0.15) is 0 Å². The van der Waals surface area contributed by atoms with Crippen LogP contribution in [0.5, 0.6) is 0 Å². The Morgan fingerprint density at radius 3 is 2.74 bits per heavy atom. The van der Waals surface area contributed by atoms with E-state index < -0.39 is 0 Å². The number of carbonyl (C=O) groups is 1. The molecule has 1 aromatic heterocycles. The number of hydrogen-bond donors (Lipinski definition) is 1. The number of carbonyl (C=O) groups excluding carboxylic acids is 1. The zero-order valence-electron chi connectivity index (χ0n) is 13.1. The topological polar surface area (TPSA) is 42.0 Å². The van der Waals surface area contributed by atoms with Gasteiger partial charge in [-0.05, 0) is 24.6 Å². The fourth-order valence-corrected chi connectivity index (χ4v) is 3.45. The maximum Gasteiger partial charge on any atom is 0.226 e. The number of amides is 1. The molecular weight excluding hydrogens is 351 g/mol. The molecule has 0 fully saturated rings. The summed E-state index contributed by atoms with van der Waals surface area (Å²) in [5.74, 6) is 0.0181. The van der Waals surface area contributed by atoms with Gasteiger partial charge >= 0.3 is 0 Å². The summed E-state index contributed by atoms with van der Waals surface area (Å²) in [6.07, 6.45) is 6.21. The molecule has 23 heavy (non-hydrogen) atoms. The van der Waals surface area contributed by atoms with Gasteiger partial charge in [-0.15, -0.1) is 11.3 Å². The van der Waals surface area contributed by atoms with Crippen molar-refractivity contribution in [2.45, 2.75) is 45.4 Å². The molecule has 0 spiro atoms. The van der Waals surface area contributed by atoms with Gasteiger partial charge in [0.25, 0.3) is 0 Å². The van der Waals surface area contributed by atoms with Gasteiger partial charge in [-0.25, -0.2) is 4.98 Å². The fourth-order valence-electron chi connectivity index (χ4n) is 2.22. The summed E-state index contributed by atoms with van der Waals surface area (Å²) in [5, 5.41) is 6.48. The van der Waals surface area contributed by atoms with Crippen molar-refractivity contribution >= 4 is 45.6 Å². The lowest BCUT2D eigenvalue weighted by molar-refractivity contribution is -0.116. The van der Waals surface area contributed by atoms with Crippen LogP contribution in [0.15, 0.2) is 23.6 Å². The van der Waals surface area contributed by atoms with Gasteiger partial charge in [-0.2, -0.15) is 0 Å². The first-order chi connectivity index (χ1) is 11.1. The number of nitrogens with zero attached hydrogens (tertiary/aromatic N) is 1. The number of nitrogens with one attached hydrogen (secondary N) is 1. The molecule has 0 unspecified atom stereocenters. The van der Waals surface area contributed by atoms with Gasteiger partial charge in [0, 0.05) is 22.4 Å². The lowest BCUT2D eigenvalue weighted by Gasteiger charge is -2.02. The molecule has 124 valence electrons. The third-order valence-corrected chi connectivity index (χ3v) is 4.77. The maximum absolute atomic E-state index is 11.9. The number of halogens is 2. The highest BCUT2D eigenvalue weighted by Gasteiger charge is 2.10. The molecule has 2 aromatic rings. The van der Waals surface area contributed by atoms with E-state index in [1.54, 1.807) is 12.1 Å². The fraction of sp³-hybridized carbons (Fsp3) is 0.412. The van der Waals surface area contributed by atoms with Gasteiger partial charge in [0.15, 0.2) is 5.13 Å². The number of aromatic nitrogens is 1. The van der Waals surface area contributed by atoms with E-state index in [0.29, 0.717) is 21.6 Å². The Morgan fingerprint density at radius 2 is 2.00 bits per heavy atom. The average molecular weight is 371 g/mol. The summed E-state index contributed by atoms with van der Waals surface area (Å²) < 4.78 is 0. The molecule has 1 amide bonds. The quantitative estimate of drug-likeness (QED) is 0.544. The Labute approximate surface area is 151 Å². The molecule has 1 N–H and O–H groups in total. The Bertz CT molecular complexity index is 658. The minimum atomic E-state index is 0.0181. The summed E-state index contributed by atoms with van der Waals surface area (Å²) in [7, 11) is 0. The molecule has 6 heteroatoms. The van der Waals surface area contributed by atoms with Crippen molar-refractivity contribution in [1.82, 2.24) is 4.98 Å². The van der Waals surface area contributed by atoms with E-state index in [1.807, 2.05) is 11.4 Å². The first kappa shape index (κ1) is 18.2. The summed E-state index contributed by atoms with van der Waals surface area (Å²) in [5.41, 5.74) is 1.56. The number of rotatable bonds is 8. The lowest BCUT2D eigenvalue weighted by Crippen LogP contribution is -2.10. The zero-order chi connectivity index (χ0) is 16.7. The Kier molecular flexibility index (Phi) is 7.34. The van der Waals surface area contributed by atoms with Crippen molar-refractivity contribution in [1.29, 1.82) is 0 Å². The monoisotopic (exact) mass is 370 g/mol. The van der Waals surface area contributed by atoms with Gasteiger partial charge in [-0.3, -0.25) is 4.79 Å². The highest BCUT2D eigenvalue weighted by Crippen LogP contribution is 2.32. The molecule has 3 nitrogen and oxygen atoms in total. The van der Waals surface area contributed by atoms with Crippen molar-refractivity contribution in [3.63, 3.8) is 0 Å². The van der Waals surface area contributed by atoms with E-state index in [1.165, 1.54) is 30.6 Å². The number of hydrogen-bond acceptors (Lipinski definition) is 3. The summed E-state index contributed by atoms with van der Waals surface area (Å²) >= 11 is 13.5. The van der Waals surface area contributed by atoms with E-state index in [2.05, 4.69) is 17.2 Å². The largest absolute Gasteiger partial charge is 0.302 e. The van der Waals surface area contributed by atoms with E-state index >= 15 is 0 Å². The van der Waals surface area contributed by atoms with E-state index in [4.69, 9.17) is 23.2 Å². The van der Waals surface area contributed by atoms with Gasteiger partial charge < -0.3 is 5.32 Å². The average Bonchev–Trinajstić information content (AvgIpc) is 2.95. The smallest absolute Gasteiger partial charge is 0.226 e. The minimum Gasteiger partial charge on any atom is -0.302 e. The molecule has 0 saturated carbocycles. The van der Waals surface area contributed by atoms with E-state index in [9.17, 15) is 4.79 Å². The van der Waals surface area contributed by atoms with Crippen LogP contribution in [0.1, 0.15) is 45.4 Å². The molecule has 0 aliphatic heterocycles. The van der Waals surface area contributed by atoms with E-state index in [-0.39, 0.29) is 5.91 Å². The number of benzene rings is 1. The van der Waals surface area contributed by atoms with Gasteiger partial charge in [0.05, 0.1) is 10.7 Å². The van der Waals surface area contributed by atoms with Crippen molar-refractivity contribution in [2.24, 2.45) is 0 Å². The number of anilines is 1. The lowest BCUT2D eigenvalue weighted by atomic mass is 10.1. The number of unbranched alkanes of at least 4 members (excludes halogenated alkanes) is 4. The minimum absolute atomic E-state index is 0.0181. The second kappa shape index (κ2) is 9.26. The SMILES string of the molecule is CCCCCCCC(=O)Nc1nc(-c2ccc(Cl)cc2Cl)cs1. The van der Waals surface area contributed by atoms with Crippen LogP contribution in [0.3, 0.4) is 0 Å². The predicted molar refractivity (Wildman–Crippen MR) is 99.6 cm³/mol. The highest BCUT2D eigenvalue weighted by atomic mass is 35.5. The van der Waals surface area contributed by atoms with E-state index in [0.717, 1.165) is 24.1 Å². The van der Waals surface area contributed by atoms with Crippen molar-refractivity contribution in [3.05, 3.63) is 33.6 Å². The predicted octanol–water partition coefficient (Wildman–Crippen LogP) is 6.42. The Hall–Kier alpha value is -1.10. The molecule has 1 aromatic carbocycles. The third kappa shape index (κ3) is 5.79. The molecule has 0 atom stereocenters. The zero-order valence-corrected chi connectivity index (χ0v) is 15.4. The summed E-state index contributed by atoms with van der Waals surface area (Å²) in [6.45, 7) is 2.18. The number of thiazole rings is 1. The van der Waals surface area contributed by atoms with Crippen LogP contribution in [-0.2, 0) is 4.79 Å². The summed E-state index contributed by atoms with van der Waals surface area (Å²) in [6, 6.07) is 5.29.